The van der Waals surface area contributed by atoms with Crippen LogP contribution >= 0.6 is 0 Å². The summed E-state index contributed by atoms with van der Waals surface area (Å²) in [5, 5.41) is 9.11. The molecular weight excluding hydrogens is 268 g/mol. The third-order valence-corrected chi connectivity index (χ3v) is 2.71. The van der Waals surface area contributed by atoms with Crippen molar-refractivity contribution < 1.29 is 23.1 Å². The molecule has 6 heteroatoms. The first kappa shape index (κ1) is 14.2. The number of aromatic carboxylic acids is 1. The molecule has 0 bridgehead atoms. The topological polar surface area (TPSA) is 63.3 Å². The predicted molar refractivity (Wildman–Crippen MR) is 67.5 cm³/mol. The third kappa shape index (κ3) is 2.41. The molecule has 20 heavy (non-hydrogen) atoms. The molecule has 0 amide bonds. The molecular formula is C14H13F2NO3. The molecule has 0 saturated carbocycles. The summed E-state index contributed by atoms with van der Waals surface area (Å²) >= 11 is 0. The molecule has 0 fully saturated rings. The maximum Gasteiger partial charge on any atom is 0.373 e. The van der Waals surface area contributed by atoms with E-state index in [0.29, 0.717) is 0 Å². The summed E-state index contributed by atoms with van der Waals surface area (Å²) < 4.78 is 32.4. The van der Waals surface area contributed by atoms with Gasteiger partial charge in [-0.05, 0) is 12.1 Å². The van der Waals surface area contributed by atoms with Crippen molar-refractivity contribution in [2.24, 2.45) is 0 Å². The van der Waals surface area contributed by atoms with Crippen LogP contribution in [0.4, 0.5) is 8.78 Å². The quantitative estimate of drug-likeness (QED) is 0.913. The third-order valence-electron chi connectivity index (χ3n) is 2.71. The minimum Gasteiger partial charge on any atom is -0.475 e. The molecule has 2 aromatic rings. The van der Waals surface area contributed by atoms with Gasteiger partial charge in [0.15, 0.2) is 0 Å². The zero-order valence-corrected chi connectivity index (χ0v) is 11.2. The van der Waals surface area contributed by atoms with Crippen molar-refractivity contribution in [2.75, 3.05) is 0 Å². The van der Waals surface area contributed by atoms with Crippen LogP contribution in [0.5, 0.6) is 0 Å². The number of benzene rings is 1. The Labute approximate surface area is 114 Å². The van der Waals surface area contributed by atoms with Gasteiger partial charge >= 0.3 is 5.97 Å². The fourth-order valence-electron chi connectivity index (χ4n) is 1.78. The van der Waals surface area contributed by atoms with Gasteiger partial charge in [0.1, 0.15) is 22.9 Å². The highest BCUT2D eigenvalue weighted by Crippen LogP contribution is 2.32. The number of rotatable bonds is 2. The fraction of sp³-hybridized carbons (Fsp3) is 0.286. The number of hydrogen-bond donors (Lipinski definition) is 1. The number of aromatic nitrogens is 1. The highest BCUT2D eigenvalue weighted by atomic mass is 19.1. The van der Waals surface area contributed by atoms with E-state index in [4.69, 9.17) is 9.52 Å². The Balaban J connectivity index is 2.69. The van der Waals surface area contributed by atoms with Crippen molar-refractivity contribution in [2.45, 2.75) is 26.2 Å². The van der Waals surface area contributed by atoms with E-state index in [9.17, 15) is 13.6 Å². The number of oxazole rings is 1. The lowest BCUT2D eigenvalue weighted by molar-refractivity contribution is 0.0659. The van der Waals surface area contributed by atoms with Crippen molar-refractivity contribution in [1.82, 2.24) is 4.98 Å². The largest absolute Gasteiger partial charge is 0.475 e. The van der Waals surface area contributed by atoms with Crippen LogP contribution in [0.1, 0.15) is 37.0 Å². The van der Waals surface area contributed by atoms with E-state index in [1.54, 1.807) is 20.8 Å². The van der Waals surface area contributed by atoms with Crippen molar-refractivity contribution in [3.63, 3.8) is 0 Å². The zero-order chi connectivity index (χ0) is 15.1. The van der Waals surface area contributed by atoms with Crippen LogP contribution in [0.15, 0.2) is 22.6 Å². The second kappa shape index (κ2) is 4.70. The van der Waals surface area contributed by atoms with Gasteiger partial charge in [0.2, 0.25) is 11.7 Å². The van der Waals surface area contributed by atoms with Gasteiger partial charge in [-0.15, -0.1) is 0 Å². The lowest BCUT2D eigenvalue weighted by Crippen LogP contribution is -2.16. The molecule has 0 aliphatic heterocycles. The van der Waals surface area contributed by atoms with E-state index in [1.807, 2.05) is 0 Å². The Hall–Kier alpha value is -2.24. The molecule has 1 aromatic heterocycles. The summed E-state index contributed by atoms with van der Waals surface area (Å²) in [6.07, 6.45) is 0. The van der Waals surface area contributed by atoms with E-state index in [-0.39, 0.29) is 11.6 Å². The van der Waals surface area contributed by atoms with Crippen molar-refractivity contribution >= 4 is 5.97 Å². The molecule has 2 rings (SSSR count). The summed E-state index contributed by atoms with van der Waals surface area (Å²) in [4.78, 5) is 15.1. The molecule has 0 atom stereocenters. The van der Waals surface area contributed by atoms with Crippen LogP contribution < -0.4 is 0 Å². The van der Waals surface area contributed by atoms with E-state index in [1.165, 1.54) is 6.07 Å². The lowest BCUT2D eigenvalue weighted by atomic mass is 9.91. The molecule has 1 aromatic carbocycles. The number of halogens is 2. The molecule has 4 nitrogen and oxygen atoms in total. The summed E-state index contributed by atoms with van der Waals surface area (Å²) in [7, 11) is 0. The first-order chi connectivity index (χ1) is 9.21. The van der Waals surface area contributed by atoms with E-state index >= 15 is 0 Å². The average molecular weight is 281 g/mol. The first-order valence-electron chi connectivity index (χ1n) is 5.91. The molecule has 0 aliphatic carbocycles. The van der Waals surface area contributed by atoms with E-state index in [0.717, 1.165) is 12.1 Å². The van der Waals surface area contributed by atoms with E-state index < -0.39 is 34.3 Å². The van der Waals surface area contributed by atoms with Gasteiger partial charge in [-0.1, -0.05) is 26.8 Å². The molecule has 0 saturated heterocycles. The number of nitrogens with zero attached hydrogens (tertiary/aromatic N) is 1. The highest BCUT2D eigenvalue weighted by Gasteiger charge is 2.30. The van der Waals surface area contributed by atoms with Gasteiger partial charge in [-0.3, -0.25) is 0 Å². The maximum absolute atomic E-state index is 13.7. The average Bonchev–Trinajstić information content (AvgIpc) is 2.73. The summed E-state index contributed by atoms with van der Waals surface area (Å²) in [6, 6.07) is 3.32. The first-order valence-corrected chi connectivity index (χ1v) is 5.91. The van der Waals surface area contributed by atoms with Crippen LogP contribution in [-0.2, 0) is 5.41 Å². The monoisotopic (exact) mass is 281 g/mol. The molecule has 0 radical (unpaired) electrons. The van der Waals surface area contributed by atoms with Gasteiger partial charge in [0.05, 0.1) is 0 Å². The van der Waals surface area contributed by atoms with Crippen LogP contribution in [0.2, 0.25) is 0 Å². The molecule has 1 N–H and O–H groups in total. The number of carboxylic acids is 1. The van der Waals surface area contributed by atoms with Crippen LogP contribution in [-0.4, -0.2) is 16.1 Å². The number of carboxylic acid groups (broad SMARTS) is 1. The fourth-order valence-corrected chi connectivity index (χ4v) is 1.78. The van der Waals surface area contributed by atoms with Gasteiger partial charge in [-0.25, -0.2) is 18.6 Å². The molecule has 106 valence electrons. The minimum absolute atomic E-state index is 0.141. The standard InChI is InChI=1S/C14H13F2NO3/c1-14(2,3)11-10(13(18)19)20-12(17-11)9-7(15)5-4-6-8(9)16/h4-6H,1-3H3,(H,18,19). The Morgan fingerprint density at radius 1 is 1.25 bits per heavy atom. The second-order valence-electron chi connectivity index (χ2n) is 5.35. The van der Waals surface area contributed by atoms with E-state index in [2.05, 4.69) is 4.98 Å². The van der Waals surface area contributed by atoms with Gasteiger partial charge in [-0.2, -0.15) is 0 Å². The van der Waals surface area contributed by atoms with Crippen LogP contribution in [0.25, 0.3) is 11.5 Å². The Kier molecular flexibility index (Phi) is 3.33. The zero-order valence-electron chi connectivity index (χ0n) is 11.2. The molecule has 0 spiro atoms. The Morgan fingerprint density at radius 3 is 2.20 bits per heavy atom. The number of hydrogen-bond acceptors (Lipinski definition) is 3. The van der Waals surface area contributed by atoms with Crippen molar-refractivity contribution in [3.8, 4) is 11.5 Å². The van der Waals surface area contributed by atoms with Gasteiger partial charge < -0.3 is 9.52 Å². The molecule has 0 unspecified atom stereocenters. The van der Waals surface area contributed by atoms with Gasteiger partial charge in [0.25, 0.3) is 0 Å². The lowest BCUT2D eigenvalue weighted by Gasteiger charge is -2.14. The van der Waals surface area contributed by atoms with Crippen LogP contribution in [0.3, 0.4) is 0 Å². The number of carbonyl (C=O) groups is 1. The summed E-state index contributed by atoms with van der Waals surface area (Å²) in [6.45, 7) is 5.20. The predicted octanol–water partition coefficient (Wildman–Crippen LogP) is 3.62. The van der Waals surface area contributed by atoms with Crippen molar-refractivity contribution in [3.05, 3.63) is 41.3 Å². The van der Waals surface area contributed by atoms with Gasteiger partial charge in [0, 0.05) is 5.41 Å². The van der Waals surface area contributed by atoms with Crippen LogP contribution in [0, 0.1) is 11.6 Å². The molecule has 0 aliphatic rings. The summed E-state index contributed by atoms with van der Waals surface area (Å²) in [5.41, 5.74) is -0.954. The SMILES string of the molecule is CC(C)(C)c1nc(-c2c(F)cccc2F)oc1C(=O)O. The normalized spacial score (nSPS) is 11.7. The maximum atomic E-state index is 13.7. The smallest absolute Gasteiger partial charge is 0.373 e. The minimum atomic E-state index is -1.33. The Morgan fingerprint density at radius 2 is 1.80 bits per heavy atom. The summed E-state index contributed by atoms with van der Waals surface area (Å²) in [5.74, 6) is -3.82. The molecule has 1 heterocycles. The second-order valence-corrected chi connectivity index (χ2v) is 5.35. The highest BCUT2D eigenvalue weighted by molar-refractivity contribution is 5.86. The van der Waals surface area contributed by atoms with Crippen molar-refractivity contribution in [1.29, 1.82) is 0 Å². The Bertz CT molecular complexity index is 651.